The van der Waals surface area contributed by atoms with Crippen LogP contribution in [-0.4, -0.2) is 29.9 Å². The zero-order valence-electron chi connectivity index (χ0n) is 20.1. The van der Waals surface area contributed by atoms with Gasteiger partial charge in [-0.2, -0.15) is 0 Å². The summed E-state index contributed by atoms with van der Waals surface area (Å²) in [6, 6.07) is 21.5. The molecule has 0 atom stereocenters. The molecule has 4 rings (SSSR count). The summed E-state index contributed by atoms with van der Waals surface area (Å²) >= 11 is 0. The maximum absolute atomic E-state index is 13.4. The number of amides is 2. The first kappa shape index (κ1) is 23.3. The molecule has 0 saturated heterocycles. The molecule has 0 aromatic heterocycles. The second-order valence-electron chi connectivity index (χ2n) is 8.73. The summed E-state index contributed by atoms with van der Waals surface area (Å²) in [7, 11) is 0. The molecule has 1 aliphatic heterocycles. The van der Waals surface area contributed by atoms with Crippen LogP contribution in [0.3, 0.4) is 0 Å². The number of ether oxygens (including phenoxy) is 1. The molecule has 0 aliphatic carbocycles. The van der Waals surface area contributed by atoms with E-state index >= 15 is 0 Å². The first-order chi connectivity index (χ1) is 16.4. The highest BCUT2D eigenvalue weighted by Crippen LogP contribution is 2.31. The highest BCUT2D eigenvalue weighted by Gasteiger charge is 2.39. The lowest BCUT2D eigenvalue weighted by molar-refractivity contribution is -0.137. The van der Waals surface area contributed by atoms with Crippen LogP contribution in [0.2, 0.25) is 0 Å². The SMILES string of the molecule is CCc1ccc(NC2=C(c3ccc(C)cc3)C(=O)N(CCOc3cc(C)cc(C)c3)C2=O)cc1. The number of anilines is 1. The molecule has 0 spiro atoms. The second-order valence-corrected chi connectivity index (χ2v) is 8.73. The molecule has 0 bridgehead atoms. The largest absolute Gasteiger partial charge is 0.492 e. The molecule has 3 aromatic carbocycles. The van der Waals surface area contributed by atoms with Gasteiger partial charge in [-0.05, 0) is 73.7 Å². The molecule has 0 unspecified atom stereocenters. The molecular weight excluding hydrogens is 424 g/mol. The standard InChI is InChI=1S/C29H30N2O3/c1-5-22-8-12-24(13-9-22)30-27-26(23-10-6-19(2)7-11-23)28(32)31(29(27)33)14-15-34-25-17-20(3)16-21(4)18-25/h6-13,16-18,30H,5,14-15H2,1-4H3. The average molecular weight is 455 g/mol. The van der Waals surface area contributed by atoms with Crippen molar-refractivity contribution in [2.75, 3.05) is 18.5 Å². The van der Waals surface area contributed by atoms with Gasteiger partial charge in [0, 0.05) is 5.69 Å². The van der Waals surface area contributed by atoms with Gasteiger partial charge >= 0.3 is 0 Å². The summed E-state index contributed by atoms with van der Waals surface area (Å²) in [6.45, 7) is 8.49. The number of hydrogen-bond donors (Lipinski definition) is 1. The fourth-order valence-corrected chi connectivity index (χ4v) is 4.12. The van der Waals surface area contributed by atoms with Gasteiger partial charge in [0.2, 0.25) is 0 Å². The van der Waals surface area contributed by atoms with Gasteiger partial charge in [0.05, 0.1) is 12.1 Å². The Kier molecular flexibility index (Phi) is 6.82. The molecule has 3 aromatic rings. The fraction of sp³-hybridized carbons (Fsp3) is 0.241. The minimum atomic E-state index is -0.343. The maximum Gasteiger partial charge on any atom is 0.278 e. The Hall–Kier alpha value is -3.86. The predicted octanol–water partition coefficient (Wildman–Crippen LogP) is 5.45. The van der Waals surface area contributed by atoms with Gasteiger partial charge in [0.1, 0.15) is 18.1 Å². The van der Waals surface area contributed by atoms with Gasteiger partial charge in [-0.3, -0.25) is 14.5 Å². The fourth-order valence-electron chi connectivity index (χ4n) is 4.12. The minimum absolute atomic E-state index is 0.167. The summed E-state index contributed by atoms with van der Waals surface area (Å²) in [5.74, 6) is 0.0763. The van der Waals surface area contributed by atoms with Gasteiger partial charge in [-0.1, -0.05) is 55.0 Å². The van der Waals surface area contributed by atoms with Crippen LogP contribution in [0.25, 0.3) is 5.57 Å². The molecule has 1 N–H and O–H groups in total. The van der Waals surface area contributed by atoms with E-state index in [9.17, 15) is 9.59 Å². The van der Waals surface area contributed by atoms with Crippen molar-refractivity contribution >= 4 is 23.1 Å². The third-order valence-corrected chi connectivity index (χ3v) is 5.92. The van der Waals surface area contributed by atoms with Crippen LogP contribution in [0.15, 0.2) is 72.4 Å². The molecular formula is C29H30N2O3. The van der Waals surface area contributed by atoms with E-state index in [1.165, 1.54) is 10.5 Å². The second kappa shape index (κ2) is 9.96. The number of nitrogens with one attached hydrogen (secondary N) is 1. The molecule has 5 heteroatoms. The molecule has 0 saturated carbocycles. The number of aryl methyl sites for hydroxylation is 4. The summed E-state index contributed by atoms with van der Waals surface area (Å²) in [4.78, 5) is 28.0. The third kappa shape index (κ3) is 5.04. The van der Waals surface area contributed by atoms with Crippen molar-refractivity contribution in [1.82, 2.24) is 4.90 Å². The maximum atomic E-state index is 13.4. The van der Waals surface area contributed by atoms with E-state index in [4.69, 9.17) is 4.74 Å². The lowest BCUT2D eigenvalue weighted by Gasteiger charge is -2.16. The van der Waals surface area contributed by atoms with Crippen molar-refractivity contribution in [3.8, 4) is 5.75 Å². The zero-order chi connectivity index (χ0) is 24.2. The average Bonchev–Trinajstić information content (AvgIpc) is 3.04. The Morgan fingerprint density at radius 1 is 0.794 bits per heavy atom. The van der Waals surface area contributed by atoms with Gasteiger partial charge in [0.25, 0.3) is 11.8 Å². The highest BCUT2D eigenvalue weighted by atomic mass is 16.5. The first-order valence-electron chi connectivity index (χ1n) is 11.6. The Labute approximate surface area is 201 Å². The Balaban J connectivity index is 1.57. The Bertz CT molecular complexity index is 1220. The summed E-state index contributed by atoms with van der Waals surface area (Å²) < 4.78 is 5.88. The number of carbonyl (C=O) groups is 2. The normalized spacial score (nSPS) is 13.6. The van der Waals surface area contributed by atoms with Crippen molar-refractivity contribution in [3.05, 3.63) is 100 Å². The van der Waals surface area contributed by atoms with Crippen molar-refractivity contribution in [2.45, 2.75) is 34.1 Å². The van der Waals surface area contributed by atoms with E-state index in [0.717, 1.165) is 34.5 Å². The molecule has 34 heavy (non-hydrogen) atoms. The Morgan fingerprint density at radius 2 is 1.44 bits per heavy atom. The van der Waals surface area contributed by atoms with E-state index in [1.807, 2.05) is 81.4 Å². The van der Waals surface area contributed by atoms with Crippen molar-refractivity contribution in [3.63, 3.8) is 0 Å². The molecule has 0 radical (unpaired) electrons. The zero-order valence-corrected chi connectivity index (χ0v) is 20.1. The lowest BCUT2D eigenvalue weighted by Crippen LogP contribution is -2.36. The van der Waals surface area contributed by atoms with Crippen LogP contribution >= 0.6 is 0 Å². The van der Waals surface area contributed by atoms with Gasteiger partial charge in [0.15, 0.2) is 0 Å². The van der Waals surface area contributed by atoms with Crippen LogP contribution < -0.4 is 10.1 Å². The molecule has 174 valence electrons. The molecule has 5 nitrogen and oxygen atoms in total. The summed E-state index contributed by atoms with van der Waals surface area (Å²) in [6.07, 6.45) is 0.934. The molecule has 1 heterocycles. The van der Waals surface area contributed by atoms with Gasteiger partial charge in [-0.15, -0.1) is 0 Å². The first-order valence-corrected chi connectivity index (χ1v) is 11.6. The third-order valence-electron chi connectivity index (χ3n) is 5.92. The molecule has 1 aliphatic rings. The quantitative estimate of drug-likeness (QED) is 0.460. The lowest BCUT2D eigenvalue weighted by atomic mass is 10.0. The number of carbonyl (C=O) groups excluding carboxylic acids is 2. The number of imide groups is 1. The summed E-state index contributed by atoms with van der Waals surface area (Å²) in [5.41, 5.74) is 6.67. The topological polar surface area (TPSA) is 58.6 Å². The van der Waals surface area contributed by atoms with Crippen LogP contribution in [0.5, 0.6) is 5.75 Å². The van der Waals surface area contributed by atoms with E-state index < -0.39 is 0 Å². The smallest absolute Gasteiger partial charge is 0.278 e. The van der Waals surface area contributed by atoms with Crippen molar-refractivity contribution in [1.29, 1.82) is 0 Å². The van der Waals surface area contributed by atoms with Gasteiger partial charge < -0.3 is 10.1 Å². The summed E-state index contributed by atoms with van der Waals surface area (Å²) in [5, 5.41) is 3.22. The van der Waals surface area contributed by atoms with Crippen LogP contribution in [0.1, 0.15) is 34.7 Å². The van der Waals surface area contributed by atoms with E-state index in [2.05, 4.69) is 18.3 Å². The van der Waals surface area contributed by atoms with Crippen molar-refractivity contribution in [2.24, 2.45) is 0 Å². The number of benzene rings is 3. The van der Waals surface area contributed by atoms with Crippen LogP contribution in [0.4, 0.5) is 5.69 Å². The highest BCUT2D eigenvalue weighted by molar-refractivity contribution is 6.36. The minimum Gasteiger partial charge on any atom is -0.492 e. The van der Waals surface area contributed by atoms with E-state index in [1.54, 1.807) is 0 Å². The number of nitrogens with zero attached hydrogens (tertiary/aromatic N) is 1. The monoisotopic (exact) mass is 454 g/mol. The predicted molar refractivity (Wildman–Crippen MR) is 136 cm³/mol. The number of rotatable bonds is 8. The van der Waals surface area contributed by atoms with Crippen molar-refractivity contribution < 1.29 is 14.3 Å². The van der Waals surface area contributed by atoms with Gasteiger partial charge in [-0.25, -0.2) is 0 Å². The van der Waals surface area contributed by atoms with Crippen LogP contribution in [-0.2, 0) is 16.0 Å². The van der Waals surface area contributed by atoms with E-state index in [-0.39, 0.29) is 25.0 Å². The molecule has 2 amide bonds. The van der Waals surface area contributed by atoms with Crippen LogP contribution in [0, 0.1) is 20.8 Å². The number of hydrogen-bond acceptors (Lipinski definition) is 4. The Morgan fingerprint density at radius 3 is 2.06 bits per heavy atom. The molecule has 0 fully saturated rings. The van der Waals surface area contributed by atoms with E-state index in [0.29, 0.717) is 16.8 Å².